The Morgan fingerprint density at radius 1 is 1.20 bits per heavy atom. The topological polar surface area (TPSA) is 67.1 Å². The Balaban J connectivity index is 2.13. The largest absolute Gasteiger partial charge is 0.395 e. The molecule has 6 nitrogen and oxygen atoms in total. The summed E-state index contributed by atoms with van der Waals surface area (Å²) in [5.41, 5.74) is 1.71. The molecule has 0 unspecified atom stereocenters. The highest BCUT2D eigenvalue weighted by atomic mass is 16.3. The van der Waals surface area contributed by atoms with Crippen molar-refractivity contribution in [2.45, 2.75) is 0 Å². The third-order valence-corrected chi connectivity index (χ3v) is 3.14. The molecule has 1 aromatic carbocycles. The lowest BCUT2D eigenvalue weighted by atomic mass is 10.3. The molecule has 0 saturated heterocycles. The van der Waals surface area contributed by atoms with Gasteiger partial charge in [-0.3, -0.25) is 0 Å². The minimum absolute atomic E-state index is 0.0782. The van der Waals surface area contributed by atoms with Crippen LogP contribution in [-0.4, -0.2) is 45.1 Å². The summed E-state index contributed by atoms with van der Waals surface area (Å²) in [5.74, 6) is 0.770. The average Bonchev–Trinajstić information content (AvgIpc) is 2.92. The van der Waals surface area contributed by atoms with Gasteiger partial charge in [0.05, 0.1) is 23.9 Å². The van der Waals surface area contributed by atoms with Gasteiger partial charge in [-0.15, -0.1) is 0 Å². The van der Waals surface area contributed by atoms with Crippen molar-refractivity contribution in [2.24, 2.45) is 0 Å². The highest BCUT2D eigenvalue weighted by molar-refractivity contribution is 5.87. The lowest BCUT2D eigenvalue weighted by molar-refractivity contribution is 0.304. The van der Waals surface area contributed by atoms with E-state index >= 15 is 0 Å². The first-order chi connectivity index (χ1) is 9.81. The van der Waals surface area contributed by atoms with E-state index in [0.29, 0.717) is 6.54 Å². The zero-order valence-corrected chi connectivity index (χ0v) is 11.1. The van der Waals surface area contributed by atoms with Crippen LogP contribution in [0.2, 0.25) is 0 Å². The normalized spacial score (nSPS) is 10.9. The number of nitrogens with zero attached hydrogens (tertiary/aromatic N) is 5. The van der Waals surface area contributed by atoms with E-state index in [0.717, 1.165) is 22.5 Å². The number of para-hydroxylation sites is 1. The van der Waals surface area contributed by atoms with Crippen molar-refractivity contribution in [1.29, 1.82) is 0 Å². The quantitative estimate of drug-likeness (QED) is 0.772. The minimum Gasteiger partial charge on any atom is -0.395 e. The second kappa shape index (κ2) is 5.26. The zero-order valence-electron chi connectivity index (χ0n) is 11.1. The number of aliphatic hydroxyl groups excluding tert-OH is 1. The van der Waals surface area contributed by atoms with Crippen molar-refractivity contribution < 1.29 is 5.11 Å². The lowest BCUT2D eigenvalue weighted by Crippen LogP contribution is -2.22. The fourth-order valence-electron chi connectivity index (χ4n) is 2.15. The van der Waals surface area contributed by atoms with Crippen LogP contribution in [0, 0.1) is 0 Å². The fourth-order valence-corrected chi connectivity index (χ4v) is 2.15. The van der Waals surface area contributed by atoms with Gasteiger partial charge in [-0.1, -0.05) is 18.2 Å². The molecular weight excluding hydrogens is 254 g/mol. The van der Waals surface area contributed by atoms with Crippen molar-refractivity contribution in [3.63, 3.8) is 0 Å². The first kappa shape index (κ1) is 12.6. The number of fused-ring (bicyclic) bond motifs is 1. The number of rotatable bonds is 4. The third-order valence-electron chi connectivity index (χ3n) is 3.14. The highest BCUT2D eigenvalue weighted by Crippen LogP contribution is 2.23. The zero-order chi connectivity index (χ0) is 13.9. The van der Waals surface area contributed by atoms with Crippen LogP contribution in [0.4, 0.5) is 5.82 Å². The van der Waals surface area contributed by atoms with Crippen molar-refractivity contribution >= 4 is 16.9 Å². The Kier molecular flexibility index (Phi) is 3.30. The van der Waals surface area contributed by atoms with Gasteiger partial charge in [0.2, 0.25) is 0 Å². The molecular formula is C14H15N5O. The maximum atomic E-state index is 9.05. The van der Waals surface area contributed by atoms with Crippen molar-refractivity contribution in [3.8, 4) is 5.69 Å². The molecule has 3 aromatic rings. The van der Waals surface area contributed by atoms with E-state index in [2.05, 4.69) is 15.1 Å². The molecule has 20 heavy (non-hydrogen) atoms. The van der Waals surface area contributed by atoms with Crippen molar-refractivity contribution in [3.05, 3.63) is 42.9 Å². The van der Waals surface area contributed by atoms with E-state index in [1.165, 1.54) is 6.33 Å². The van der Waals surface area contributed by atoms with Crippen molar-refractivity contribution in [2.75, 3.05) is 25.1 Å². The van der Waals surface area contributed by atoms with Crippen LogP contribution in [0.15, 0.2) is 42.9 Å². The van der Waals surface area contributed by atoms with Gasteiger partial charge in [0.25, 0.3) is 0 Å². The smallest absolute Gasteiger partial charge is 0.168 e. The summed E-state index contributed by atoms with van der Waals surface area (Å²) in [6, 6.07) is 9.84. The van der Waals surface area contributed by atoms with Gasteiger partial charge in [0, 0.05) is 13.6 Å². The summed E-state index contributed by atoms with van der Waals surface area (Å²) in [6.07, 6.45) is 3.28. The molecule has 0 aliphatic carbocycles. The summed E-state index contributed by atoms with van der Waals surface area (Å²) >= 11 is 0. The summed E-state index contributed by atoms with van der Waals surface area (Å²) in [7, 11) is 1.89. The lowest BCUT2D eigenvalue weighted by Gasteiger charge is -2.16. The molecule has 0 radical (unpaired) electrons. The van der Waals surface area contributed by atoms with E-state index in [4.69, 9.17) is 5.11 Å². The summed E-state index contributed by atoms with van der Waals surface area (Å²) in [4.78, 5) is 10.5. The van der Waals surface area contributed by atoms with E-state index in [1.54, 1.807) is 10.9 Å². The Labute approximate surface area is 116 Å². The molecule has 0 aliphatic rings. The highest BCUT2D eigenvalue weighted by Gasteiger charge is 2.13. The summed E-state index contributed by atoms with van der Waals surface area (Å²) in [6.45, 7) is 0.595. The molecule has 2 heterocycles. The number of hydrogen-bond donors (Lipinski definition) is 1. The van der Waals surface area contributed by atoms with Gasteiger partial charge in [0.15, 0.2) is 5.65 Å². The molecule has 3 rings (SSSR count). The maximum Gasteiger partial charge on any atom is 0.168 e. The van der Waals surface area contributed by atoms with Gasteiger partial charge in [0.1, 0.15) is 12.1 Å². The Morgan fingerprint density at radius 3 is 2.75 bits per heavy atom. The molecule has 0 aliphatic heterocycles. The van der Waals surface area contributed by atoms with Crippen LogP contribution >= 0.6 is 0 Å². The average molecular weight is 269 g/mol. The van der Waals surface area contributed by atoms with Crippen LogP contribution in [-0.2, 0) is 0 Å². The fraction of sp³-hybridized carbons (Fsp3) is 0.214. The number of benzene rings is 1. The Hall–Kier alpha value is -2.47. The van der Waals surface area contributed by atoms with Gasteiger partial charge in [-0.05, 0) is 12.1 Å². The molecule has 0 bridgehead atoms. The predicted molar refractivity (Wildman–Crippen MR) is 77.0 cm³/mol. The number of anilines is 1. The van der Waals surface area contributed by atoms with Gasteiger partial charge >= 0.3 is 0 Å². The van der Waals surface area contributed by atoms with Crippen LogP contribution < -0.4 is 4.90 Å². The predicted octanol–water partition coefficient (Wildman–Crippen LogP) is 1.24. The second-order valence-corrected chi connectivity index (χ2v) is 4.47. The van der Waals surface area contributed by atoms with E-state index in [-0.39, 0.29) is 6.61 Å². The number of aliphatic hydroxyl groups is 1. The van der Waals surface area contributed by atoms with E-state index < -0.39 is 0 Å². The maximum absolute atomic E-state index is 9.05. The number of aromatic nitrogens is 4. The van der Waals surface area contributed by atoms with Crippen LogP contribution in [0.25, 0.3) is 16.7 Å². The molecule has 6 heteroatoms. The van der Waals surface area contributed by atoms with Crippen LogP contribution in [0.1, 0.15) is 0 Å². The Bertz CT molecular complexity index is 710. The van der Waals surface area contributed by atoms with E-state index in [1.807, 2.05) is 42.3 Å². The molecule has 0 amide bonds. The molecule has 2 aromatic heterocycles. The molecule has 0 fully saturated rings. The van der Waals surface area contributed by atoms with Gasteiger partial charge < -0.3 is 10.0 Å². The van der Waals surface area contributed by atoms with Gasteiger partial charge in [-0.25, -0.2) is 14.6 Å². The molecule has 0 saturated carbocycles. The monoisotopic (exact) mass is 269 g/mol. The second-order valence-electron chi connectivity index (χ2n) is 4.47. The molecule has 0 spiro atoms. The third kappa shape index (κ3) is 2.10. The minimum atomic E-state index is 0.0782. The first-order valence-electron chi connectivity index (χ1n) is 6.37. The van der Waals surface area contributed by atoms with Crippen LogP contribution in [0.5, 0.6) is 0 Å². The first-order valence-corrected chi connectivity index (χ1v) is 6.37. The molecule has 0 atom stereocenters. The Morgan fingerprint density at radius 2 is 2.00 bits per heavy atom. The SMILES string of the molecule is CN(CCO)c1ncnc2c1cnn2-c1ccccc1. The van der Waals surface area contributed by atoms with Crippen molar-refractivity contribution in [1.82, 2.24) is 19.7 Å². The standard InChI is InChI=1S/C14H15N5O/c1-18(7-8-20)13-12-9-17-19(14(12)16-10-15-13)11-5-3-2-4-6-11/h2-6,9-10,20H,7-8H2,1H3. The molecule has 1 N–H and O–H groups in total. The molecule has 102 valence electrons. The number of likely N-dealkylation sites (N-methyl/N-ethyl adjacent to an activating group) is 1. The number of hydrogen-bond acceptors (Lipinski definition) is 5. The van der Waals surface area contributed by atoms with Crippen LogP contribution in [0.3, 0.4) is 0 Å². The summed E-state index contributed by atoms with van der Waals surface area (Å²) in [5, 5.41) is 14.3. The van der Waals surface area contributed by atoms with E-state index in [9.17, 15) is 0 Å². The summed E-state index contributed by atoms with van der Waals surface area (Å²) < 4.78 is 1.79. The van der Waals surface area contributed by atoms with Gasteiger partial charge in [-0.2, -0.15) is 5.10 Å².